The smallest absolute Gasteiger partial charge is 0.319 e. The molecular weight excluding hydrogens is 332 g/mol. The lowest BCUT2D eigenvalue weighted by atomic mass is 9.97. The SMILES string of the molecule is CC(CO)(NC(=O)Nc1ccc(Cl)cc1Br)C1CC1. The summed E-state index contributed by atoms with van der Waals surface area (Å²) in [7, 11) is 0. The Bertz CT molecular complexity index is 494. The summed E-state index contributed by atoms with van der Waals surface area (Å²) in [6.07, 6.45) is 2.09. The summed E-state index contributed by atoms with van der Waals surface area (Å²) in [6, 6.07) is 4.81. The Morgan fingerprint density at radius 1 is 1.58 bits per heavy atom. The van der Waals surface area contributed by atoms with Crippen molar-refractivity contribution in [3.63, 3.8) is 0 Å². The van der Waals surface area contributed by atoms with Crippen LogP contribution in [0.2, 0.25) is 5.02 Å². The summed E-state index contributed by atoms with van der Waals surface area (Å²) in [5, 5.41) is 15.6. The molecule has 3 N–H and O–H groups in total. The molecule has 2 amide bonds. The second-order valence-corrected chi connectivity index (χ2v) is 6.34. The van der Waals surface area contributed by atoms with E-state index in [1.165, 1.54) is 0 Å². The van der Waals surface area contributed by atoms with Crippen LogP contribution in [0.4, 0.5) is 10.5 Å². The molecule has 0 aromatic heterocycles. The first-order valence-electron chi connectivity index (χ1n) is 6.10. The Kier molecular flexibility index (Phi) is 4.38. The first kappa shape index (κ1) is 14.6. The van der Waals surface area contributed by atoms with Gasteiger partial charge in [0.15, 0.2) is 0 Å². The zero-order chi connectivity index (χ0) is 14.0. The Balaban J connectivity index is 2.00. The quantitative estimate of drug-likeness (QED) is 0.782. The third-order valence-electron chi connectivity index (χ3n) is 3.39. The van der Waals surface area contributed by atoms with Gasteiger partial charge in [0.05, 0.1) is 17.8 Å². The summed E-state index contributed by atoms with van der Waals surface area (Å²) in [6.45, 7) is 1.80. The molecule has 0 aliphatic heterocycles. The average Bonchev–Trinajstić information content (AvgIpc) is 3.17. The molecule has 104 valence electrons. The highest BCUT2D eigenvalue weighted by Gasteiger charge is 2.42. The number of aliphatic hydroxyl groups is 1. The van der Waals surface area contributed by atoms with Gasteiger partial charge in [0.2, 0.25) is 0 Å². The standard InChI is InChI=1S/C13H16BrClN2O2/c1-13(7-18,8-2-3-8)17-12(19)16-11-5-4-9(15)6-10(11)14/h4-6,8,18H,2-3,7H2,1H3,(H2,16,17,19). The summed E-state index contributed by atoms with van der Waals surface area (Å²) in [4.78, 5) is 12.0. The van der Waals surface area contributed by atoms with E-state index in [2.05, 4.69) is 26.6 Å². The van der Waals surface area contributed by atoms with E-state index in [0.717, 1.165) is 12.8 Å². The molecule has 1 saturated carbocycles. The van der Waals surface area contributed by atoms with Crippen LogP contribution in [0.5, 0.6) is 0 Å². The Labute approximate surface area is 125 Å². The molecule has 0 spiro atoms. The van der Waals surface area contributed by atoms with Gasteiger partial charge in [-0.25, -0.2) is 4.79 Å². The number of amides is 2. The number of carbonyl (C=O) groups is 1. The number of anilines is 1. The first-order chi connectivity index (χ1) is 8.94. The lowest BCUT2D eigenvalue weighted by Crippen LogP contribution is -2.52. The van der Waals surface area contributed by atoms with Crippen LogP contribution in [0, 0.1) is 5.92 Å². The zero-order valence-corrected chi connectivity index (χ0v) is 12.9. The molecule has 1 aromatic rings. The Morgan fingerprint density at radius 3 is 2.79 bits per heavy atom. The maximum Gasteiger partial charge on any atom is 0.319 e. The van der Waals surface area contributed by atoms with Crippen molar-refractivity contribution in [2.45, 2.75) is 25.3 Å². The van der Waals surface area contributed by atoms with Crippen molar-refractivity contribution in [2.24, 2.45) is 5.92 Å². The number of nitrogens with one attached hydrogen (secondary N) is 2. The second kappa shape index (κ2) is 5.69. The highest BCUT2D eigenvalue weighted by atomic mass is 79.9. The lowest BCUT2D eigenvalue weighted by molar-refractivity contribution is 0.159. The van der Waals surface area contributed by atoms with Gasteiger partial charge in [0.25, 0.3) is 0 Å². The van der Waals surface area contributed by atoms with Crippen LogP contribution in [-0.2, 0) is 0 Å². The van der Waals surface area contributed by atoms with Gasteiger partial charge in [-0.1, -0.05) is 11.6 Å². The summed E-state index contributed by atoms with van der Waals surface area (Å²) < 4.78 is 0.715. The molecule has 0 radical (unpaired) electrons. The summed E-state index contributed by atoms with van der Waals surface area (Å²) >= 11 is 9.18. The largest absolute Gasteiger partial charge is 0.394 e. The predicted octanol–water partition coefficient (Wildman–Crippen LogP) is 3.39. The van der Waals surface area contributed by atoms with Crippen LogP contribution in [-0.4, -0.2) is 23.3 Å². The van der Waals surface area contributed by atoms with Crippen LogP contribution in [0.3, 0.4) is 0 Å². The fourth-order valence-corrected chi connectivity index (χ4v) is 2.78. The molecule has 2 rings (SSSR count). The number of rotatable bonds is 4. The Morgan fingerprint density at radius 2 is 2.26 bits per heavy atom. The van der Waals surface area contributed by atoms with Gasteiger partial charge in [-0.15, -0.1) is 0 Å². The molecular formula is C13H16BrClN2O2. The molecule has 0 saturated heterocycles. The van der Waals surface area contributed by atoms with Gasteiger partial charge in [-0.3, -0.25) is 0 Å². The van der Waals surface area contributed by atoms with Gasteiger partial charge in [-0.2, -0.15) is 0 Å². The maximum atomic E-state index is 12.0. The van der Waals surface area contributed by atoms with Gasteiger partial charge < -0.3 is 15.7 Å². The van der Waals surface area contributed by atoms with E-state index in [1.54, 1.807) is 18.2 Å². The number of hydrogen-bond donors (Lipinski definition) is 3. The minimum atomic E-state index is -0.553. The number of aliphatic hydroxyl groups excluding tert-OH is 1. The summed E-state index contributed by atoms with van der Waals surface area (Å²) in [5.41, 5.74) is 0.0844. The predicted molar refractivity (Wildman–Crippen MR) is 79.5 cm³/mol. The number of urea groups is 1. The van der Waals surface area contributed by atoms with Crippen molar-refractivity contribution < 1.29 is 9.90 Å². The number of benzene rings is 1. The van der Waals surface area contributed by atoms with Crippen LogP contribution in [0.25, 0.3) is 0 Å². The van der Waals surface area contributed by atoms with Crippen LogP contribution in [0.1, 0.15) is 19.8 Å². The fraction of sp³-hybridized carbons (Fsp3) is 0.462. The van der Waals surface area contributed by atoms with Crippen LogP contribution >= 0.6 is 27.5 Å². The van der Waals surface area contributed by atoms with Gasteiger partial charge in [0.1, 0.15) is 0 Å². The van der Waals surface area contributed by atoms with Crippen molar-refractivity contribution >= 4 is 39.2 Å². The molecule has 1 aromatic carbocycles. The molecule has 1 fully saturated rings. The molecule has 0 bridgehead atoms. The fourth-order valence-electron chi connectivity index (χ4n) is 1.99. The van der Waals surface area contributed by atoms with Gasteiger partial charge >= 0.3 is 6.03 Å². The van der Waals surface area contributed by atoms with E-state index in [0.29, 0.717) is 21.1 Å². The van der Waals surface area contributed by atoms with E-state index in [4.69, 9.17) is 11.6 Å². The van der Waals surface area contributed by atoms with E-state index < -0.39 is 5.54 Å². The molecule has 1 aliphatic rings. The molecule has 4 nitrogen and oxygen atoms in total. The Hall–Kier alpha value is -0.780. The number of carbonyl (C=O) groups excluding carboxylic acids is 1. The molecule has 1 atom stereocenters. The average molecular weight is 348 g/mol. The third kappa shape index (κ3) is 3.61. The molecule has 0 heterocycles. The van der Waals surface area contributed by atoms with E-state index in [1.807, 2.05) is 6.92 Å². The highest BCUT2D eigenvalue weighted by molar-refractivity contribution is 9.10. The van der Waals surface area contributed by atoms with Gasteiger partial charge in [0, 0.05) is 9.50 Å². The normalized spacial score (nSPS) is 17.7. The van der Waals surface area contributed by atoms with Crippen molar-refractivity contribution in [1.29, 1.82) is 0 Å². The molecule has 1 unspecified atom stereocenters. The van der Waals surface area contributed by atoms with E-state index in [9.17, 15) is 9.90 Å². The zero-order valence-electron chi connectivity index (χ0n) is 10.5. The topological polar surface area (TPSA) is 61.4 Å². The minimum absolute atomic E-state index is 0.0626. The van der Waals surface area contributed by atoms with E-state index >= 15 is 0 Å². The van der Waals surface area contributed by atoms with Crippen LogP contribution in [0.15, 0.2) is 22.7 Å². The van der Waals surface area contributed by atoms with Crippen molar-refractivity contribution in [1.82, 2.24) is 5.32 Å². The maximum absolute atomic E-state index is 12.0. The summed E-state index contributed by atoms with van der Waals surface area (Å²) in [5.74, 6) is 0.358. The third-order valence-corrected chi connectivity index (χ3v) is 4.28. The molecule has 1 aliphatic carbocycles. The number of halogens is 2. The minimum Gasteiger partial charge on any atom is -0.394 e. The first-order valence-corrected chi connectivity index (χ1v) is 7.27. The van der Waals surface area contributed by atoms with Crippen LogP contribution < -0.4 is 10.6 Å². The van der Waals surface area contributed by atoms with Crippen molar-refractivity contribution in [2.75, 3.05) is 11.9 Å². The van der Waals surface area contributed by atoms with Gasteiger partial charge in [-0.05, 0) is 59.8 Å². The highest BCUT2D eigenvalue weighted by Crippen LogP contribution is 2.39. The molecule has 6 heteroatoms. The second-order valence-electron chi connectivity index (χ2n) is 5.05. The monoisotopic (exact) mass is 346 g/mol. The lowest BCUT2D eigenvalue weighted by Gasteiger charge is -2.28. The van der Waals surface area contributed by atoms with Crippen molar-refractivity contribution in [3.05, 3.63) is 27.7 Å². The number of hydrogen-bond acceptors (Lipinski definition) is 2. The van der Waals surface area contributed by atoms with Crippen molar-refractivity contribution in [3.8, 4) is 0 Å². The van der Waals surface area contributed by atoms with E-state index in [-0.39, 0.29) is 12.6 Å². The molecule has 19 heavy (non-hydrogen) atoms.